The highest BCUT2D eigenvalue weighted by molar-refractivity contribution is 7.90. The van der Waals surface area contributed by atoms with Gasteiger partial charge in [-0.2, -0.15) is 0 Å². The number of hydrogen-bond donors (Lipinski definition) is 1. The molecule has 3 rings (SSSR count). The zero-order valence-electron chi connectivity index (χ0n) is 20.2. The average molecular weight is 547 g/mol. The second-order valence-corrected chi connectivity index (χ2v) is 11.3. The van der Waals surface area contributed by atoms with Gasteiger partial charge in [0.1, 0.15) is 4.90 Å². The molecule has 3 aromatic carbocycles. The molecule has 36 heavy (non-hydrogen) atoms. The number of halogens is 2. The molecular formula is C28H29Cl2NO4S. The second kappa shape index (κ2) is 13.1. The van der Waals surface area contributed by atoms with E-state index in [2.05, 4.69) is 38.1 Å². The molecule has 1 N–H and O–H groups in total. The van der Waals surface area contributed by atoms with E-state index in [1.807, 2.05) is 16.9 Å². The first-order valence-electron chi connectivity index (χ1n) is 11.6. The van der Waals surface area contributed by atoms with Gasteiger partial charge in [0.25, 0.3) is 15.9 Å². The zero-order valence-corrected chi connectivity index (χ0v) is 22.5. The van der Waals surface area contributed by atoms with E-state index in [1.165, 1.54) is 24.6 Å². The fourth-order valence-corrected chi connectivity index (χ4v) is 5.09. The van der Waals surface area contributed by atoms with Crippen LogP contribution in [0.25, 0.3) is 6.08 Å². The molecule has 0 unspecified atom stereocenters. The fraction of sp³-hybridized carbons (Fsp3) is 0.250. The van der Waals surface area contributed by atoms with E-state index in [9.17, 15) is 13.2 Å². The van der Waals surface area contributed by atoms with Crippen LogP contribution in [0, 0.1) is 5.92 Å². The highest BCUT2D eigenvalue weighted by atomic mass is 35.5. The standard InChI is InChI=1S/C28H29Cl2NO4S/c1-20(2)5-3-4-6-21-7-9-22(10-8-21)18-35-19-23-11-13-24(14-12-23)28(32)31-36(33,34)27-16-15-25(29)17-26(27)30/h4,6-17,20H,3,5,18-19H2,1-2H3,(H,31,32)/b6-4+. The van der Waals surface area contributed by atoms with E-state index in [0.717, 1.165) is 23.1 Å². The largest absolute Gasteiger partial charge is 0.372 e. The molecule has 0 aliphatic rings. The summed E-state index contributed by atoms with van der Waals surface area (Å²) >= 11 is 11.8. The summed E-state index contributed by atoms with van der Waals surface area (Å²) in [5.74, 6) is -0.0507. The van der Waals surface area contributed by atoms with Crippen LogP contribution in [0.5, 0.6) is 0 Å². The maximum absolute atomic E-state index is 12.5. The van der Waals surface area contributed by atoms with Crippen molar-refractivity contribution < 1.29 is 17.9 Å². The smallest absolute Gasteiger partial charge is 0.265 e. The molecule has 0 fully saturated rings. The molecule has 8 heteroatoms. The lowest BCUT2D eigenvalue weighted by Gasteiger charge is -2.09. The summed E-state index contributed by atoms with van der Waals surface area (Å²) in [5.41, 5.74) is 3.29. The Hall–Kier alpha value is -2.64. The third kappa shape index (κ3) is 8.49. The van der Waals surface area contributed by atoms with E-state index >= 15 is 0 Å². The number of ether oxygens (including phenoxy) is 1. The minimum Gasteiger partial charge on any atom is -0.372 e. The number of nitrogens with one attached hydrogen (secondary N) is 1. The van der Waals surface area contributed by atoms with E-state index < -0.39 is 15.9 Å². The van der Waals surface area contributed by atoms with Crippen LogP contribution in [-0.2, 0) is 28.0 Å². The minimum atomic E-state index is -4.14. The molecule has 0 spiro atoms. The monoisotopic (exact) mass is 545 g/mol. The lowest BCUT2D eigenvalue weighted by molar-refractivity contribution is 0.0980. The van der Waals surface area contributed by atoms with Gasteiger partial charge in [-0.1, -0.05) is 85.6 Å². The van der Waals surface area contributed by atoms with Gasteiger partial charge in [-0.05, 0) is 65.8 Å². The third-order valence-electron chi connectivity index (χ3n) is 5.36. The van der Waals surface area contributed by atoms with Crippen molar-refractivity contribution in [2.75, 3.05) is 0 Å². The number of rotatable bonds is 11. The molecule has 0 aromatic heterocycles. The first-order valence-corrected chi connectivity index (χ1v) is 13.8. The maximum atomic E-state index is 12.5. The number of carbonyl (C=O) groups is 1. The molecule has 0 aliphatic carbocycles. The van der Waals surface area contributed by atoms with Crippen LogP contribution in [-0.4, -0.2) is 14.3 Å². The molecule has 190 valence electrons. The van der Waals surface area contributed by atoms with Crippen molar-refractivity contribution in [3.05, 3.63) is 105 Å². The lowest BCUT2D eigenvalue weighted by Crippen LogP contribution is -2.30. The molecule has 0 radical (unpaired) electrons. The number of allylic oxidation sites excluding steroid dienone is 1. The summed E-state index contributed by atoms with van der Waals surface area (Å²) in [5, 5.41) is 0.229. The molecule has 0 atom stereocenters. The van der Waals surface area contributed by atoms with Gasteiger partial charge in [0.2, 0.25) is 0 Å². The minimum absolute atomic E-state index is 0.0666. The van der Waals surface area contributed by atoms with Crippen LogP contribution >= 0.6 is 23.2 Å². The molecular weight excluding hydrogens is 517 g/mol. The van der Waals surface area contributed by atoms with Gasteiger partial charge in [-0.15, -0.1) is 0 Å². The van der Waals surface area contributed by atoms with Gasteiger partial charge >= 0.3 is 0 Å². The Bertz CT molecular complexity index is 1300. The Balaban J connectivity index is 1.49. The van der Waals surface area contributed by atoms with Crippen molar-refractivity contribution in [3.8, 4) is 0 Å². The summed E-state index contributed by atoms with van der Waals surface area (Å²) in [7, 11) is -4.14. The highest BCUT2D eigenvalue weighted by Crippen LogP contribution is 2.25. The second-order valence-electron chi connectivity index (χ2n) is 8.81. The van der Waals surface area contributed by atoms with Crippen LogP contribution in [0.15, 0.2) is 77.7 Å². The molecule has 0 aliphatic heterocycles. The van der Waals surface area contributed by atoms with E-state index in [1.54, 1.807) is 24.3 Å². The van der Waals surface area contributed by atoms with Crippen LogP contribution in [0.1, 0.15) is 53.7 Å². The topological polar surface area (TPSA) is 72.5 Å². The highest BCUT2D eigenvalue weighted by Gasteiger charge is 2.21. The van der Waals surface area contributed by atoms with Crippen LogP contribution < -0.4 is 4.72 Å². The molecule has 0 bridgehead atoms. The first kappa shape index (κ1) is 27.9. The fourth-order valence-electron chi connectivity index (χ4n) is 3.34. The maximum Gasteiger partial charge on any atom is 0.265 e. The normalized spacial score (nSPS) is 11.8. The number of benzene rings is 3. The Morgan fingerprint density at radius 2 is 1.56 bits per heavy atom. The Morgan fingerprint density at radius 1 is 0.944 bits per heavy atom. The van der Waals surface area contributed by atoms with Crippen molar-refractivity contribution >= 4 is 45.2 Å². The van der Waals surface area contributed by atoms with Gasteiger partial charge < -0.3 is 4.74 Å². The summed E-state index contributed by atoms with van der Waals surface area (Å²) < 4.78 is 32.9. The van der Waals surface area contributed by atoms with E-state index in [0.29, 0.717) is 24.2 Å². The van der Waals surface area contributed by atoms with Gasteiger partial charge in [0.05, 0.1) is 18.2 Å². The number of amides is 1. The number of carbonyl (C=O) groups excluding carboxylic acids is 1. The zero-order chi connectivity index (χ0) is 26.1. The predicted octanol–water partition coefficient (Wildman–Crippen LogP) is 7.28. The molecule has 3 aromatic rings. The summed E-state index contributed by atoms with van der Waals surface area (Å²) in [6, 6.07) is 18.7. The Kier molecular flexibility index (Phi) is 10.1. The quantitative estimate of drug-likeness (QED) is 0.274. The van der Waals surface area contributed by atoms with Gasteiger partial charge in [-0.25, -0.2) is 13.1 Å². The van der Waals surface area contributed by atoms with Crippen molar-refractivity contribution in [2.24, 2.45) is 5.92 Å². The molecule has 0 heterocycles. The van der Waals surface area contributed by atoms with Crippen LogP contribution in [0.2, 0.25) is 10.0 Å². The van der Waals surface area contributed by atoms with Gasteiger partial charge in [0.15, 0.2) is 0 Å². The van der Waals surface area contributed by atoms with Crippen molar-refractivity contribution in [1.82, 2.24) is 4.72 Å². The van der Waals surface area contributed by atoms with Gasteiger partial charge in [0, 0.05) is 10.6 Å². The van der Waals surface area contributed by atoms with Crippen LogP contribution in [0.4, 0.5) is 0 Å². The Morgan fingerprint density at radius 3 is 2.14 bits per heavy atom. The molecule has 0 saturated carbocycles. The summed E-state index contributed by atoms with van der Waals surface area (Å²) in [4.78, 5) is 12.2. The van der Waals surface area contributed by atoms with Crippen molar-refractivity contribution in [1.29, 1.82) is 0 Å². The van der Waals surface area contributed by atoms with Gasteiger partial charge in [-0.3, -0.25) is 4.79 Å². The average Bonchev–Trinajstić information content (AvgIpc) is 2.82. The third-order valence-corrected chi connectivity index (χ3v) is 7.41. The van der Waals surface area contributed by atoms with Crippen molar-refractivity contribution in [3.63, 3.8) is 0 Å². The van der Waals surface area contributed by atoms with Crippen LogP contribution in [0.3, 0.4) is 0 Å². The summed E-state index contributed by atoms with van der Waals surface area (Å²) in [6.45, 7) is 5.26. The predicted molar refractivity (Wildman–Crippen MR) is 146 cm³/mol. The lowest BCUT2D eigenvalue weighted by atomic mass is 10.1. The van der Waals surface area contributed by atoms with E-state index in [4.69, 9.17) is 27.9 Å². The van der Waals surface area contributed by atoms with E-state index in [-0.39, 0.29) is 15.5 Å². The molecule has 0 saturated heterocycles. The number of sulfonamides is 1. The SMILES string of the molecule is CC(C)CC/C=C/c1ccc(COCc2ccc(C(=O)NS(=O)(=O)c3ccc(Cl)cc3Cl)cc2)cc1. The number of hydrogen-bond acceptors (Lipinski definition) is 4. The molecule has 5 nitrogen and oxygen atoms in total. The Labute approximate surface area is 223 Å². The van der Waals surface area contributed by atoms with Crippen molar-refractivity contribution in [2.45, 2.75) is 44.8 Å². The first-order chi connectivity index (χ1) is 17.1. The molecule has 1 amide bonds. The summed E-state index contributed by atoms with van der Waals surface area (Å²) in [6.07, 6.45) is 6.61.